The van der Waals surface area contributed by atoms with Gasteiger partial charge in [-0.2, -0.15) is 0 Å². The van der Waals surface area contributed by atoms with Gasteiger partial charge in [-0.15, -0.1) is 11.3 Å². The SMILES string of the molecule is O=C(Nc1ccccc1)C1CCCN(CC(O)COCc2cccs2)C1. The lowest BCUT2D eigenvalue weighted by atomic mass is 9.96. The number of carbonyl (C=O) groups is 1. The summed E-state index contributed by atoms with van der Waals surface area (Å²) >= 11 is 1.65. The van der Waals surface area contributed by atoms with Gasteiger partial charge in [-0.3, -0.25) is 9.69 Å². The van der Waals surface area contributed by atoms with E-state index >= 15 is 0 Å². The number of rotatable bonds is 8. The number of nitrogens with zero attached hydrogens (tertiary/aromatic N) is 1. The average molecular weight is 375 g/mol. The molecule has 1 fully saturated rings. The minimum atomic E-state index is -0.536. The Morgan fingerprint density at radius 2 is 2.15 bits per heavy atom. The first-order chi connectivity index (χ1) is 12.7. The number of thiophene rings is 1. The van der Waals surface area contributed by atoms with Gasteiger partial charge >= 0.3 is 0 Å². The smallest absolute Gasteiger partial charge is 0.228 e. The molecule has 0 bridgehead atoms. The number of hydrogen-bond donors (Lipinski definition) is 2. The van der Waals surface area contributed by atoms with Crippen molar-refractivity contribution in [3.8, 4) is 0 Å². The van der Waals surface area contributed by atoms with Crippen LogP contribution in [0.1, 0.15) is 17.7 Å². The highest BCUT2D eigenvalue weighted by molar-refractivity contribution is 7.09. The topological polar surface area (TPSA) is 61.8 Å². The number of amides is 1. The normalized spacial score (nSPS) is 19.2. The molecule has 5 nitrogen and oxygen atoms in total. The third kappa shape index (κ3) is 5.92. The van der Waals surface area contributed by atoms with Gasteiger partial charge < -0.3 is 15.2 Å². The fourth-order valence-electron chi connectivity index (χ4n) is 3.24. The van der Waals surface area contributed by atoms with Crippen molar-refractivity contribution < 1.29 is 14.6 Å². The minimum Gasteiger partial charge on any atom is -0.389 e. The third-order valence-corrected chi connectivity index (χ3v) is 5.37. The Kier molecular flexibility index (Phi) is 7.20. The van der Waals surface area contributed by atoms with Crippen LogP contribution in [0.2, 0.25) is 0 Å². The Balaban J connectivity index is 1.40. The van der Waals surface area contributed by atoms with E-state index in [0.717, 1.165) is 30.0 Å². The van der Waals surface area contributed by atoms with Crippen LogP contribution in [0, 0.1) is 5.92 Å². The molecule has 2 N–H and O–H groups in total. The van der Waals surface area contributed by atoms with Crippen LogP contribution >= 0.6 is 11.3 Å². The van der Waals surface area contributed by atoms with Crippen LogP contribution in [0.3, 0.4) is 0 Å². The van der Waals surface area contributed by atoms with Crippen LogP contribution in [0.15, 0.2) is 47.8 Å². The molecule has 1 saturated heterocycles. The van der Waals surface area contributed by atoms with Gasteiger partial charge in [0.15, 0.2) is 0 Å². The maximum Gasteiger partial charge on any atom is 0.228 e. The van der Waals surface area contributed by atoms with Crippen LogP contribution in [0.5, 0.6) is 0 Å². The number of carbonyl (C=O) groups excluding carboxylic acids is 1. The van der Waals surface area contributed by atoms with Gasteiger partial charge in [-0.1, -0.05) is 24.3 Å². The predicted octanol–water partition coefficient (Wildman–Crippen LogP) is 2.98. The van der Waals surface area contributed by atoms with Gasteiger partial charge in [-0.05, 0) is 43.0 Å². The van der Waals surface area contributed by atoms with Gasteiger partial charge in [0, 0.05) is 23.7 Å². The molecule has 1 aliphatic heterocycles. The number of piperidine rings is 1. The molecular formula is C20H26N2O3S. The minimum absolute atomic E-state index is 0.0387. The zero-order chi connectivity index (χ0) is 18.2. The van der Waals surface area contributed by atoms with Crippen LogP contribution in [0.4, 0.5) is 5.69 Å². The lowest BCUT2D eigenvalue weighted by molar-refractivity contribution is -0.121. The molecule has 1 aliphatic rings. The van der Waals surface area contributed by atoms with Gasteiger partial charge in [-0.25, -0.2) is 0 Å². The van der Waals surface area contributed by atoms with E-state index in [1.165, 1.54) is 0 Å². The number of ether oxygens (including phenoxy) is 1. The second-order valence-corrected chi connectivity index (χ2v) is 7.73. The number of anilines is 1. The van der Waals surface area contributed by atoms with E-state index in [0.29, 0.717) is 26.3 Å². The number of hydrogen-bond acceptors (Lipinski definition) is 5. The summed E-state index contributed by atoms with van der Waals surface area (Å²) in [6.07, 6.45) is 1.32. The second-order valence-electron chi connectivity index (χ2n) is 6.70. The number of aliphatic hydroxyl groups excluding tert-OH is 1. The highest BCUT2D eigenvalue weighted by Crippen LogP contribution is 2.19. The van der Waals surface area contributed by atoms with Crippen molar-refractivity contribution in [3.63, 3.8) is 0 Å². The van der Waals surface area contributed by atoms with E-state index in [4.69, 9.17) is 4.74 Å². The van der Waals surface area contributed by atoms with Gasteiger partial charge in [0.25, 0.3) is 0 Å². The number of aliphatic hydroxyl groups is 1. The number of likely N-dealkylation sites (tertiary alicyclic amines) is 1. The van der Waals surface area contributed by atoms with Crippen LogP contribution in [-0.4, -0.2) is 48.3 Å². The summed E-state index contributed by atoms with van der Waals surface area (Å²) in [4.78, 5) is 15.8. The first-order valence-electron chi connectivity index (χ1n) is 9.07. The molecule has 6 heteroatoms. The first kappa shape index (κ1) is 19.0. The predicted molar refractivity (Wildman–Crippen MR) is 104 cm³/mol. The van der Waals surface area contributed by atoms with E-state index in [1.807, 2.05) is 47.8 Å². The zero-order valence-electron chi connectivity index (χ0n) is 14.8. The molecule has 2 heterocycles. The quantitative estimate of drug-likeness (QED) is 0.746. The molecule has 0 radical (unpaired) electrons. The summed E-state index contributed by atoms with van der Waals surface area (Å²) in [7, 11) is 0. The number of nitrogens with one attached hydrogen (secondary N) is 1. The molecule has 0 spiro atoms. The molecule has 2 atom stereocenters. The second kappa shape index (κ2) is 9.83. The van der Waals surface area contributed by atoms with Crippen molar-refractivity contribution >= 4 is 22.9 Å². The number of benzene rings is 1. The molecule has 2 aromatic rings. The highest BCUT2D eigenvalue weighted by Gasteiger charge is 2.26. The lowest BCUT2D eigenvalue weighted by Crippen LogP contribution is -2.44. The Morgan fingerprint density at radius 3 is 2.92 bits per heavy atom. The summed E-state index contributed by atoms with van der Waals surface area (Å²) in [5, 5.41) is 15.2. The number of β-amino-alcohol motifs (C(OH)–C–C–N with tert-alkyl or cyclic N) is 1. The summed E-state index contributed by atoms with van der Waals surface area (Å²) in [5.41, 5.74) is 0.830. The maximum atomic E-state index is 12.5. The summed E-state index contributed by atoms with van der Waals surface area (Å²) in [6, 6.07) is 13.6. The van der Waals surface area contributed by atoms with Crippen LogP contribution in [0.25, 0.3) is 0 Å². The Bertz CT molecular complexity index is 663. The van der Waals surface area contributed by atoms with Crippen molar-refractivity contribution in [2.45, 2.75) is 25.6 Å². The summed E-state index contributed by atoms with van der Waals surface area (Å²) in [5.74, 6) is 0.0209. The Morgan fingerprint density at radius 1 is 1.31 bits per heavy atom. The molecule has 1 aromatic carbocycles. The Hall–Kier alpha value is -1.73. The molecule has 26 heavy (non-hydrogen) atoms. The van der Waals surface area contributed by atoms with Crippen molar-refractivity contribution in [2.75, 3.05) is 31.6 Å². The van der Waals surface area contributed by atoms with E-state index in [9.17, 15) is 9.90 Å². The van der Waals surface area contributed by atoms with E-state index in [1.54, 1.807) is 11.3 Å². The fourth-order valence-corrected chi connectivity index (χ4v) is 3.88. The first-order valence-corrected chi connectivity index (χ1v) is 9.95. The van der Waals surface area contributed by atoms with Crippen LogP contribution in [-0.2, 0) is 16.1 Å². The van der Waals surface area contributed by atoms with E-state index in [-0.39, 0.29) is 11.8 Å². The summed E-state index contributed by atoms with van der Waals surface area (Å²) in [6.45, 7) is 2.99. The lowest BCUT2D eigenvalue weighted by Gasteiger charge is -2.33. The molecule has 1 amide bonds. The fraction of sp³-hybridized carbons (Fsp3) is 0.450. The molecule has 140 valence electrons. The van der Waals surface area contributed by atoms with E-state index in [2.05, 4.69) is 10.2 Å². The molecular weight excluding hydrogens is 348 g/mol. The van der Waals surface area contributed by atoms with Gasteiger partial charge in [0.2, 0.25) is 5.91 Å². The molecule has 2 unspecified atom stereocenters. The summed E-state index contributed by atoms with van der Waals surface area (Å²) < 4.78 is 5.59. The van der Waals surface area contributed by atoms with Gasteiger partial charge in [0.05, 0.1) is 25.2 Å². The monoisotopic (exact) mass is 374 g/mol. The standard InChI is InChI=1S/C20H26N2O3S/c23-18(14-25-15-19-9-5-11-26-19)13-22-10-4-6-16(12-22)20(24)21-17-7-2-1-3-8-17/h1-3,5,7-9,11,16,18,23H,4,6,10,12-15H2,(H,21,24). The van der Waals surface area contributed by atoms with Crippen molar-refractivity contribution in [1.29, 1.82) is 0 Å². The Labute approximate surface area is 158 Å². The van der Waals surface area contributed by atoms with Crippen LogP contribution < -0.4 is 5.32 Å². The number of para-hydroxylation sites is 1. The molecule has 3 rings (SSSR count). The molecule has 0 saturated carbocycles. The highest BCUT2D eigenvalue weighted by atomic mass is 32.1. The zero-order valence-corrected chi connectivity index (χ0v) is 15.7. The third-order valence-electron chi connectivity index (χ3n) is 4.52. The van der Waals surface area contributed by atoms with Crippen molar-refractivity contribution in [1.82, 2.24) is 4.90 Å². The average Bonchev–Trinajstić information content (AvgIpc) is 3.16. The molecule has 1 aromatic heterocycles. The van der Waals surface area contributed by atoms with Crippen molar-refractivity contribution in [2.24, 2.45) is 5.92 Å². The van der Waals surface area contributed by atoms with E-state index < -0.39 is 6.10 Å². The van der Waals surface area contributed by atoms with Gasteiger partial charge in [0.1, 0.15) is 0 Å². The largest absolute Gasteiger partial charge is 0.389 e. The van der Waals surface area contributed by atoms with Crippen molar-refractivity contribution in [3.05, 3.63) is 52.7 Å². The maximum absolute atomic E-state index is 12.5. The molecule has 0 aliphatic carbocycles.